The topological polar surface area (TPSA) is 74.3 Å². The molecule has 3 heterocycles. The Kier molecular flexibility index (Phi) is 6.97. The zero-order valence-corrected chi connectivity index (χ0v) is 18.3. The summed E-state index contributed by atoms with van der Waals surface area (Å²) in [5.41, 5.74) is 3.58. The fourth-order valence-electron chi connectivity index (χ4n) is 4.46. The lowest BCUT2D eigenvalue weighted by Crippen LogP contribution is -2.43. The first kappa shape index (κ1) is 21.5. The molecule has 6 heteroatoms. The van der Waals surface area contributed by atoms with E-state index in [4.69, 9.17) is 0 Å². The van der Waals surface area contributed by atoms with E-state index in [0.29, 0.717) is 17.2 Å². The van der Waals surface area contributed by atoms with Gasteiger partial charge in [-0.1, -0.05) is 29.8 Å². The molecule has 0 atom stereocenters. The number of rotatable bonds is 5. The van der Waals surface area contributed by atoms with Gasteiger partial charge in [0.05, 0.1) is 5.56 Å². The molecule has 0 unspecified atom stereocenters. The van der Waals surface area contributed by atoms with E-state index in [1.54, 1.807) is 12.1 Å². The third-order valence-electron chi connectivity index (χ3n) is 6.46. The minimum atomic E-state index is -0.164. The van der Waals surface area contributed by atoms with Gasteiger partial charge in [0.2, 0.25) is 0 Å². The van der Waals surface area contributed by atoms with Gasteiger partial charge in [-0.3, -0.25) is 14.6 Å². The van der Waals surface area contributed by atoms with E-state index in [1.807, 2.05) is 4.90 Å². The molecule has 0 spiro atoms. The van der Waals surface area contributed by atoms with E-state index in [0.717, 1.165) is 58.3 Å². The smallest absolute Gasteiger partial charge is 0.270 e. The first-order valence-electron chi connectivity index (χ1n) is 11.4. The van der Waals surface area contributed by atoms with Gasteiger partial charge in [0, 0.05) is 25.3 Å². The van der Waals surface area contributed by atoms with Gasteiger partial charge in [-0.25, -0.2) is 0 Å². The van der Waals surface area contributed by atoms with Crippen LogP contribution in [-0.4, -0.2) is 53.9 Å². The summed E-state index contributed by atoms with van der Waals surface area (Å²) in [4.78, 5) is 31.5. The van der Waals surface area contributed by atoms with Crippen molar-refractivity contribution in [1.29, 1.82) is 0 Å². The SMILES string of the molecule is Cc1ccc(CC2CCN(C(=O)c3ccc(C(=O)NC4CCNCC4)nc3)CC2)cc1. The Labute approximate surface area is 184 Å². The molecule has 2 aromatic rings. The van der Waals surface area contributed by atoms with Crippen molar-refractivity contribution in [2.45, 2.75) is 45.1 Å². The Hall–Kier alpha value is -2.73. The van der Waals surface area contributed by atoms with Gasteiger partial charge in [0.25, 0.3) is 11.8 Å². The number of carbonyl (C=O) groups excluding carboxylic acids is 2. The Balaban J connectivity index is 1.27. The Morgan fingerprint density at radius 1 is 1.03 bits per heavy atom. The highest BCUT2D eigenvalue weighted by Gasteiger charge is 2.24. The highest BCUT2D eigenvalue weighted by Crippen LogP contribution is 2.23. The van der Waals surface area contributed by atoms with Crippen LogP contribution in [0.1, 0.15) is 57.7 Å². The lowest BCUT2D eigenvalue weighted by molar-refractivity contribution is 0.0689. The van der Waals surface area contributed by atoms with Crippen molar-refractivity contribution in [3.05, 3.63) is 65.0 Å². The molecule has 0 radical (unpaired) electrons. The molecule has 4 rings (SSSR count). The minimum Gasteiger partial charge on any atom is -0.348 e. The largest absolute Gasteiger partial charge is 0.348 e. The maximum absolute atomic E-state index is 12.9. The molecule has 31 heavy (non-hydrogen) atoms. The molecule has 0 aliphatic carbocycles. The van der Waals surface area contributed by atoms with Gasteiger partial charge in [-0.2, -0.15) is 0 Å². The highest BCUT2D eigenvalue weighted by atomic mass is 16.2. The molecule has 2 aliphatic rings. The Morgan fingerprint density at radius 2 is 1.74 bits per heavy atom. The van der Waals surface area contributed by atoms with Crippen LogP contribution < -0.4 is 10.6 Å². The number of nitrogens with zero attached hydrogens (tertiary/aromatic N) is 2. The molecule has 164 valence electrons. The number of nitrogens with one attached hydrogen (secondary N) is 2. The maximum atomic E-state index is 12.9. The van der Waals surface area contributed by atoms with Crippen molar-refractivity contribution in [3.8, 4) is 0 Å². The number of aromatic nitrogens is 1. The number of hydrogen-bond donors (Lipinski definition) is 2. The monoisotopic (exact) mass is 420 g/mol. The normalized spacial score (nSPS) is 18.0. The van der Waals surface area contributed by atoms with Crippen molar-refractivity contribution in [2.75, 3.05) is 26.2 Å². The minimum absolute atomic E-state index is 0.00611. The van der Waals surface area contributed by atoms with Gasteiger partial charge >= 0.3 is 0 Å². The molecule has 2 amide bonds. The summed E-state index contributed by atoms with van der Waals surface area (Å²) in [5.74, 6) is 0.459. The van der Waals surface area contributed by atoms with Gasteiger partial charge in [-0.15, -0.1) is 0 Å². The van der Waals surface area contributed by atoms with Gasteiger partial charge in [-0.05, 0) is 75.7 Å². The number of piperidine rings is 2. The second-order valence-corrected chi connectivity index (χ2v) is 8.86. The predicted molar refractivity (Wildman–Crippen MR) is 121 cm³/mol. The first-order valence-corrected chi connectivity index (χ1v) is 11.4. The van der Waals surface area contributed by atoms with Crippen LogP contribution in [0.2, 0.25) is 0 Å². The molecule has 1 aromatic heterocycles. The van der Waals surface area contributed by atoms with Crippen LogP contribution in [0.5, 0.6) is 0 Å². The van der Waals surface area contributed by atoms with E-state index < -0.39 is 0 Å². The number of pyridine rings is 1. The van der Waals surface area contributed by atoms with Crippen molar-refractivity contribution in [1.82, 2.24) is 20.5 Å². The second kappa shape index (κ2) is 10.1. The summed E-state index contributed by atoms with van der Waals surface area (Å²) in [7, 11) is 0. The summed E-state index contributed by atoms with van der Waals surface area (Å²) >= 11 is 0. The number of carbonyl (C=O) groups is 2. The van der Waals surface area contributed by atoms with Gasteiger partial charge in [0.15, 0.2) is 0 Å². The molecular formula is C25H32N4O2. The van der Waals surface area contributed by atoms with Crippen LogP contribution >= 0.6 is 0 Å². The molecule has 0 saturated carbocycles. The summed E-state index contributed by atoms with van der Waals surface area (Å²) in [5, 5.41) is 6.32. The zero-order valence-electron chi connectivity index (χ0n) is 18.3. The van der Waals surface area contributed by atoms with Crippen LogP contribution in [0.3, 0.4) is 0 Å². The zero-order chi connectivity index (χ0) is 21.6. The quantitative estimate of drug-likeness (QED) is 0.780. The van der Waals surface area contributed by atoms with Crippen LogP contribution in [0.15, 0.2) is 42.6 Å². The third-order valence-corrected chi connectivity index (χ3v) is 6.46. The van der Waals surface area contributed by atoms with Gasteiger partial charge < -0.3 is 15.5 Å². The molecule has 1 aromatic carbocycles. The average molecular weight is 421 g/mol. The van der Waals surface area contributed by atoms with E-state index >= 15 is 0 Å². The lowest BCUT2D eigenvalue weighted by Gasteiger charge is -2.32. The Bertz CT molecular complexity index is 881. The third kappa shape index (κ3) is 5.70. The molecule has 2 fully saturated rings. The summed E-state index contributed by atoms with van der Waals surface area (Å²) in [6.07, 6.45) is 6.51. The van der Waals surface area contributed by atoms with E-state index in [1.165, 1.54) is 17.3 Å². The lowest BCUT2D eigenvalue weighted by atomic mass is 9.90. The molecule has 6 nitrogen and oxygen atoms in total. The summed E-state index contributed by atoms with van der Waals surface area (Å²) in [6, 6.07) is 12.3. The van der Waals surface area contributed by atoms with Crippen molar-refractivity contribution < 1.29 is 9.59 Å². The molecular weight excluding hydrogens is 388 g/mol. The molecule has 0 bridgehead atoms. The van der Waals surface area contributed by atoms with Crippen molar-refractivity contribution in [3.63, 3.8) is 0 Å². The number of aryl methyl sites for hydroxylation is 1. The number of benzene rings is 1. The molecule has 2 saturated heterocycles. The van der Waals surface area contributed by atoms with Crippen LogP contribution in [0.4, 0.5) is 0 Å². The van der Waals surface area contributed by atoms with Gasteiger partial charge in [0.1, 0.15) is 5.69 Å². The maximum Gasteiger partial charge on any atom is 0.270 e. The number of likely N-dealkylation sites (tertiary alicyclic amines) is 1. The average Bonchev–Trinajstić information content (AvgIpc) is 2.81. The van der Waals surface area contributed by atoms with Crippen LogP contribution in [0.25, 0.3) is 0 Å². The van der Waals surface area contributed by atoms with E-state index in [2.05, 4.69) is 46.8 Å². The fraction of sp³-hybridized carbons (Fsp3) is 0.480. The predicted octanol–water partition coefficient (Wildman–Crippen LogP) is 2.97. The highest BCUT2D eigenvalue weighted by molar-refractivity contribution is 5.96. The fourth-order valence-corrected chi connectivity index (χ4v) is 4.46. The van der Waals surface area contributed by atoms with Crippen LogP contribution in [0, 0.1) is 12.8 Å². The molecule has 2 aliphatic heterocycles. The summed E-state index contributed by atoms with van der Waals surface area (Å²) in [6.45, 7) is 5.50. The standard InChI is InChI=1S/C25H32N4O2/c1-18-2-4-19(5-3-18)16-20-10-14-29(15-11-20)25(31)21-6-7-23(27-17-21)24(30)28-22-8-12-26-13-9-22/h2-7,17,20,22,26H,8-16H2,1H3,(H,28,30). The second-order valence-electron chi connectivity index (χ2n) is 8.86. The number of hydrogen-bond acceptors (Lipinski definition) is 4. The van der Waals surface area contributed by atoms with E-state index in [-0.39, 0.29) is 17.9 Å². The van der Waals surface area contributed by atoms with Crippen LogP contribution in [-0.2, 0) is 6.42 Å². The number of amides is 2. The van der Waals surface area contributed by atoms with E-state index in [9.17, 15) is 9.59 Å². The molecule has 2 N–H and O–H groups in total. The first-order chi connectivity index (χ1) is 15.1. The van der Waals surface area contributed by atoms with Crippen molar-refractivity contribution >= 4 is 11.8 Å². The Morgan fingerprint density at radius 3 is 2.39 bits per heavy atom. The summed E-state index contributed by atoms with van der Waals surface area (Å²) < 4.78 is 0. The van der Waals surface area contributed by atoms with Crippen molar-refractivity contribution in [2.24, 2.45) is 5.92 Å².